The average Bonchev–Trinajstić information content (AvgIpc) is 2.34. The van der Waals surface area contributed by atoms with Crippen LogP contribution in [0.25, 0.3) is 0 Å². The summed E-state index contributed by atoms with van der Waals surface area (Å²) in [7, 11) is 3.18. The smallest absolute Gasteiger partial charge is 0.407 e. The van der Waals surface area contributed by atoms with E-state index in [0.717, 1.165) is 6.42 Å². The largest absolute Gasteiger partial charge is 0.468 e. The Morgan fingerprint density at radius 1 is 1.29 bits per heavy atom. The molecular formula is C15H30N2O4. The number of esters is 1. The van der Waals surface area contributed by atoms with Crippen LogP contribution >= 0.6 is 0 Å². The number of ether oxygens (including phenoxy) is 2. The van der Waals surface area contributed by atoms with Gasteiger partial charge in [-0.1, -0.05) is 20.3 Å². The molecule has 0 unspecified atom stereocenters. The third-order valence-electron chi connectivity index (χ3n) is 3.17. The zero-order chi connectivity index (χ0) is 16.6. The number of nitrogens with zero attached hydrogens (tertiary/aromatic N) is 1. The Bertz CT molecular complexity index is 339. The Labute approximate surface area is 128 Å². The van der Waals surface area contributed by atoms with Crippen LogP contribution < -0.4 is 5.32 Å². The van der Waals surface area contributed by atoms with Crippen LogP contribution in [0, 0.1) is 5.92 Å². The van der Waals surface area contributed by atoms with Crippen molar-refractivity contribution in [1.82, 2.24) is 10.2 Å². The van der Waals surface area contributed by atoms with Crippen molar-refractivity contribution < 1.29 is 19.1 Å². The molecule has 6 heteroatoms. The molecule has 0 aliphatic carbocycles. The van der Waals surface area contributed by atoms with Crippen LogP contribution in [-0.2, 0) is 14.3 Å². The molecule has 0 saturated heterocycles. The third kappa shape index (κ3) is 9.28. The van der Waals surface area contributed by atoms with Crippen molar-refractivity contribution in [3.63, 3.8) is 0 Å². The topological polar surface area (TPSA) is 67.9 Å². The maximum atomic E-state index is 11.9. The number of alkyl carbamates (subject to hydrolysis) is 1. The lowest BCUT2D eigenvalue weighted by molar-refractivity contribution is -0.141. The molecule has 21 heavy (non-hydrogen) atoms. The van der Waals surface area contributed by atoms with Gasteiger partial charge in [0.2, 0.25) is 0 Å². The van der Waals surface area contributed by atoms with Gasteiger partial charge in [0.15, 0.2) is 0 Å². The fourth-order valence-corrected chi connectivity index (χ4v) is 1.80. The molecule has 0 aromatic carbocycles. The summed E-state index contributed by atoms with van der Waals surface area (Å²) >= 11 is 0. The number of rotatable bonds is 7. The molecule has 0 aliphatic rings. The number of nitrogens with one attached hydrogen (secondary N) is 1. The number of hydrogen-bond donors (Lipinski definition) is 1. The fraction of sp³-hybridized carbons (Fsp3) is 0.867. The number of carbonyl (C=O) groups is 2. The molecule has 0 radical (unpaired) electrons. The Hall–Kier alpha value is -1.30. The number of methoxy groups -OCH3 is 1. The molecule has 0 fully saturated rings. The normalized spacial score (nSPS) is 14.5. The second-order valence-corrected chi connectivity index (χ2v) is 6.41. The Morgan fingerprint density at radius 3 is 2.29 bits per heavy atom. The highest BCUT2D eigenvalue weighted by Gasteiger charge is 2.24. The van der Waals surface area contributed by atoms with Crippen LogP contribution in [0.15, 0.2) is 0 Å². The van der Waals surface area contributed by atoms with Gasteiger partial charge in [-0.15, -0.1) is 0 Å². The van der Waals surface area contributed by atoms with E-state index in [0.29, 0.717) is 6.54 Å². The van der Waals surface area contributed by atoms with E-state index in [2.05, 4.69) is 23.9 Å². The first kappa shape index (κ1) is 19.7. The van der Waals surface area contributed by atoms with Crippen molar-refractivity contribution in [3.05, 3.63) is 0 Å². The van der Waals surface area contributed by atoms with E-state index < -0.39 is 11.7 Å². The van der Waals surface area contributed by atoms with Crippen LogP contribution in [0.1, 0.15) is 41.0 Å². The SMILES string of the molecule is CC[C@H](C)[C@@H](CN(C)CC(=O)OC)NC(=O)OC(C)(C)C. The molecule has 0 saturated carbocycles. The molecule has 2 atom stereocenters. The Kier molecular flexibility index (Phi) is 8.32. The number of carbonyl (C=O) groups excluding carboxylic acids is 2. The van der Waals surface area contributed by atoms with Gasteiger partial charge in [-0.2, -0.15) is 0 Å². The van der Waals surface area contributed by atoms with E-state index in [9.17, 15) is 9.59 Å². The van der Waals surface area contributed by atoms with Crippen molar-refractivity contribution >= 4 is 12.1 Å². The number of hydrogen-bond acceptors (Lipinski definition) is 5. The Balaban J connectivity index is 4.59. The fourth-order valence-electron chi connectivity index (χ4n) is 1.80. The van der Waals surface area contributed by atoms with Gasteiger partial charge < -0.3 is 14.8 Å². The van der Waals surface area contributed by atoms with Gasteiger partial charge in [-0.3, -0.25) is 9.69 Å². The predicted molar refractivity (Wildman–Crippen MR) is 82.1 cm³/mol. The number of amides is 1. The van der Waals surface area contributed by atoms with Gasteiger partial charge in [-0.25, -0.2) is 4.79 Å². The van der Waals surface area contributed by atoms with E-state index >= 15 is 0 Å². The zero-order valence-electron chi connectivity index (χ0n) is 14.4. The van der Waals surface area contributed by atoms with Crippen LogP contribution in [0.4, 0.5) is 4.79 Å². The summed E-state index contributed by atoms with van der Waals surface area (Å²) in [5.41, 5.74) is -0.526. The van der Waals surface area contributed by atoms with E-state index in [4.69, 9.17) is 4.74 Å². The molecule has 1 amide bonds. The van der Waals surface area contributed by atoms with Crippen molar-refractivity contribution in [2.75, 3.05) is 27.2 Å². The number of likely N-dealkylation sites (N-methyl/N-ethyl adjacent to an activating group) is 1. The van der Waals surface area contributed by atoms with Crippen molar-refractivity contribution in [3.8, 4) is 0 Å². The van der Waals surface area contributed by atoms with E-state index in [1.807, 2.05) is 32.7 Å². The summed E-state index contributed by atoms with van der Waals surface area (Å²) in [4.78, 5) is 25.0. The minimum atomic E-state index is -0.526. The molecule has 124 valence electrons. The summed E-state index contributed by atoms with van der Waals surface area (Å²) < 4.78 is 9.93. The van der Waals surface area contributed by atoms with Crippen LogP contribution in [0.2, 0.25) is 0 Å². The van der Waals surface area contributed by atoms with Gasteiger partial charge in [0.05, 0.1) is 13.7 Å². The summed E-state index contributed by atoms with van der Waals surface area (Å²) in [5, 5.41) is 2.89. The summed E-state index contributed by atoms with van der Waals surface area (Å²) in [6, 6.07) is -0.0838. The van der Waals surface area contributed by atoms with Crippen molar-refractivity contribution in [2.45, 2.75) is 52.7 Å². The first-order valence-corrected chi connectivity index (χ1v) is 7.34. The quantitative estimate of drug-likeness (QED) is 0.729. The summed E-state index contributed by atoms with van der Waals surface area (Å²) in [6.45, 7) is 10.4. The first-order valence-electron chi connectivity index (χ1n) is 7.34. The molecule has 0 spiro atoms. The van der Waals surface area contributed by atoms with Crippen LogP contribution in [-0.4, -0.2) is 55.9 Å². The first-order chi connectivity index (χ1) is 9.58. The third-order valence-corrected chi connectivity index (χ3v) is 3.17. The van der Waals surface area contributed by atoms with E-state index in [-0.39, 0.29) is 24.5 Å². The highest BCUT2D eigenvalue weighted by Crippen LogP contribution is 2.12. The Morgan fingerprint density at radius 2 is 1.86 bits per heavy atom. The van der Waals surface area contributed by atoms with Gasteiger partial charge >= 0.3 is 12.1 Å². The predicted octanol–water partition coefficient (Wildman–Crippen LogP) is 2.03. The molecule has 6 nitrogen and oxygen atoms in total. The highest BCUT2D eigenvalue weighted by atomic mass is 16.6. The van der Waals surface area contributed by atoms with Crippen LogP contribution in [0.3, 0.4) is 0 Å². The molecule has 1 N–H and O–H groups in total. The maximum Gasteiger partial charge on any atom is 0.407 e. The minimum absolute atomic E-state index is 0.0838. The van der Waals surface area contributed by atoms with Crippen LogP contribution in [0.5, 0.6) is 0 Å². The molecule has 0 heterocycles. The molecule has 0 aromatic heterocycles. The lowest BCUT2D eigenvalue weighted by Crippen LogP contribution is -2.48. The standard InChI is InChI=1S/C15H30N2O4/c1-8-11(2)12(9-17(6)10-13(18)20-7)16-14(19)21-15(3,4)5/h11-12H,8-10H2,1-7H3,(H,16,19)/t11-,12+/m0/s1. The highest BCUT2D eigenvalue weighted by molar-refractivity contribution is 5.71. The van der Waals surface area contributed by atoms with Gasteiger partial charge in [0.25, 0.3) is 0 Å². The molecule has 0 aliphatic heterocycles. The molecular weight excluding hydrogens is 272 g/mol. The second kappa shape index (κ2) is 8.87. The van der Waals surface area contributed by atoms with E-state index in [1.165, 1.54) is 7.11 Å². The monoisotopic (exact) mass is 302 g/mol. The lowest BCUT2D eigenvalue weighted by atomic mass is 9.99. The van der Waals surface area contributed by atoms with E-state index in [1.54, 1.807) is 0 Å². The van der Waals surface area contributed by atoms with Gasteiger partial charge in [0, 0.05) is 12.6 Å². The summed E-state index contributed by atoms with van der Waals surface area (Å²) in [5.74, 6) is -0.0183. The van der Waals surface area contributed by atoms with Crippen molar-refractivity contribution in [1.29, 1.82) is 0 Å². The second-order valence-electron chi connectivity index (χ2n) is 6.41. The maximum absolute atomic E-state index is 11.9. The molecule has 0 rings (SSSR count). The lowest BCUT2D eigenvalue weighted by Gasteiger charge is -2.29. The average molecular weight is 302 g/mol. The molecule has 0 aromatic rings. The summed E-state index contributed by atoms with van der Waals surface area (Å²) in [6.07, 6.45) is 0.492. The minimum Gasteiger partial charge on any atom is -0.468 e. The zero-order valence-corrected chi connectivity index (χ0v) is 14.4. The molecule has 0 bridgehead atoms. The van der Waals surface area contributed by atoms with Gasteiger partial charge in [-0.05, 0) is 33.7 Å². The van der Waals surface area contributed by atoms with Crippen molar-refractivity contribution in [2.24, 2.45) is 5.92 Å². The van der Waals surface area contributed by atoms with Gasteiger partial charge in [0.1, 0.15) is 5.60 Å².